The summed E-state index contributed by atoms with van der Waals surface area (Å²) >= 11 is 0. The van der Waals surface area contributed by atoms with Crippen molar-refractivity contribution in [2.45, 2.75) is 31.8 Å². The van der Waals surface area contributed by atoms with Crippen LogP contribution in [0.5, 0.6) is 0 Å². The molecule has 8 heteroatoms. The lowest BCUT2D eigenvalue weighted by Gasteiger charge is -2.08. The van der Waals surface area contributed by atoms with Crippen LogP contribution in [-0.4, -0.2) is 45.3 Å². The fourth-order valence-corrected chi connectivity index (χ4v) is 1.49. The molecular weight excluding hydrogens is 284 g/mol. The standard InChI is InChI=1S/C9H12O4.C4H4O4/c10-8(11)5-6-9(12)13-7-3-1-2-4-7;5-3(6)1-2-4(7)8/h5-7H,1-4H2,(H,10,11);1-2H,(H,5,6)(H,7,8)/b6-5-;2-1-. The summed E-state index contributed by atoms with van der Waals surface area (Å²) in [5, 5.41) is 23.9. The first-order valence-electron chi connectivity index (χ1n) is 6.07. The molecule has 8 nitrogen and oxygen atoms in total. The van der Waals surface area contributed by atoms with Crippen molar-refractivity contribution in [2.75, 3.05) is 0 Å². The van der Waals surface area contributed by atoms with Crippen molar-refractivity contribution in [1.29, 1.82) is 0 Å². The molecule has 1 rings (SSSR count). The Kier molecular flexibility index (Phi) is 8.90. The van der Waals surface area contributed by atoms with Crippen LogP contribution in [0, 0.1) is 0 Å². The number of carbonyl (C=O) groups excluding carboxylic acids is 1. The Morgan fingerprint density at radius 2 is 1.14 bits per heavy atom. The summed E-state index contributed by atoms with van der Waals surface area (Å²) in [5.41, 5.74) is 0. The zero-order valence-corrected chi connectivity index (χ0v) is 11.1. The van der Waals surface area contributed by atoms with Gasteiger partial charge in [-0.25, -0.2) is 19.2 Å². The quantitative estimate of drug-likeness (QED) is 0.501. The fourth-order valence-electron chi connectivity index (χ4n) is 1.49. The highest BCUT2D eigenvalue weighted by Crippen LogP contribution is 2.20. The van der Waals surface area contributed by atoms with E-state index in [0.717, 1.165) is 37.8 Å². The Hall–Kier alpha value is -2.64. The van der Waals surface area contributed by atoms with Crippen LogP contribution < -0.4 is 0 Å². The first-order chi connectivity index (χ1) is 9.81. The van der Waals surface area contributed by atoms with Gasteiger partial charge in [0.25, 0.3) is 0 Å². The van der Waals surface area contributed by atoms with Crippen LogP contribution in [0.2, 0.25) is 0 Å². The van der Waals surface area contributed by atoms with E-state index in [1.807, 2.05) is 0 Å². The Morgan fingerprint density at radius 1 is 0.762 bits per heavy atom. The number of hydrogen-bond donors (Lipinski definition) is 3. The van der Waals surface area contributed by atoms with Crippen molar-refractivity contribution in [3.8, 4) is 0 Å². The molecule has 0 unspecified atom stereocenters. The first-order valence-corrected chi connectivity index (χ1v) is 6.07. The van der Waals surface area contributed by atoms with Crippen LogP contribution >= 0.6 is 0 Å². The molecule has 116 valence electrons. The lowest BCUT2D eigenvalue weighted by molar-refractivity contribution is -0.143. The largest absolute Gasteiger partial charge is 0.478 e. The third kappa shape index (κ3) is 12.2. The predicted molar refractivity (Wildman–Crippen MR) is 69.5 cm³/mol. The van der Waals surface area contributed by atoms with Crippen molar-refractivity contribution in [3.63, 3.8) is 0 Å². The Morgan fingerprint density at radius 3 is 1.52 bits per heavy atom. The molecule has 1 aliphatic rings. The maximum atomic E-state index is 10.9. The van der Waals surface area contributed by atoms with E-state index in [1.54, 1.807) is 0 Å². The highest BCUT2D eigenvalue weighted by molar-refractivity contribution is 5.91. The van der Waals surface area contributed by atoms with E-state index in [2.05, 4.69) is 0 Å². The number of hydrogen-bond acceptors (Lipinski definition) is 5. The second kappa shape index (κ2) is 10.2. The van der Waals surface area contributed by atoms with Crippen molar-refractivity contribution in [2.24, 2.45) is 0 Å². The van der Waals surface area contributed by atoms with E-state index in [1.165, 1.54) is 0 Å². The highest BCUT2D eigenvalue weighted by Gasteiger charge is 2.17. The van der Waals surface area contributed by atoms with Crippen LogP contribution in [-0.2, 0) is 23.9 Å². The van der Waals surface area contributed by atoms with Crippen molar-refractivity contribution in [3.05, 3.63) is 24.3 Å². The van der Waals surface area contributed by atoms with Gasteiger partial charge in [0.1, 0.15) is 6.10 Å². The van der Waals surface area contributed by atoms with E-state index in [9.17, 15) is 19.2 Å². The van der Waals surface area contributed by atoms with E-state index in [-0.39, 0.29) is 6.10 Å². The van der Waals surface area contributed by atoms with Crippen LogP contribution in [0.1, 0.15) is 25.7 Å². The number of carboxylic acid groups (broad SMARTS) is 3. The molecule has 0 spiro atoms. The second-order valence-corrected chi connectivity index (χ2v) is 4.02. The van der Waals surface area contributed by atoms with Crippen molar-refractivity contribution >= 4 is 23.9 Å². The molecule has 0 aliphatic heterocycles. The monoisotopic (exact) mass is 300 g/mol. The molecule has 0 aromatic heterocycles. The first kappa shape index (κ1) is 18.4. The maximum Gasteiger partial charge on any atom is 0.331 e. The van der Waals surface area contributed by atoms with Crippen LogP contribution in [0.4, 0.5) is 0 Å². The number of ether oxygens (including phenoxy) is 1. The van der Waals surface area contributed by atoms with Crippen molar-refractivity contribution in [1.82, 2.24) is 0 Å². The summed E-state index contributed by atoms with van der Waals surface area (Å²) in [6.45, 7) is 0. The molecule has 0 bridgehead atoms. The van der Waals surface area contributed by atoms with Gasteiger partial charge >= 0.3 is 23.9 Å². The minimum absolute atomic E-state index is 0.00838. The van der Waals surface area contributed by atoms with Gasteiger partial charge in [-0.15, -0.1) is 0 Å². The van der Waals surface area contributed by atoms with Gasteiger partial charge in [-0.1, -0.05) is 0 Å². The van der Waals surface area contributed by atoms with Gasteiger partial charge in [0, 0.05) is 24.3 Å². The number of carboxylic acids is 3. The fraction of sp³-hybridized carbons (Fsp3) is 0.385. The van der Waals surface area contributed by atoms with E-state index in [0.29, 0.717) is 12.2 Å². The van der Waals surface area contributed by atoms with E-state index in [4.69, 9.17) is 20.1 Å². The Labute approximate surface area is 120 Å². The predicted octanol–water partition coefficient (Wildman–Crippen LogP) is 0.825. The summed E-state index contributed by atoms with van der Waals surface area (Å²) in [6.07, 6.45) is 6.80. The topological polar surface area (TPSA) is 138 Å². The summed E-state index contributed by atoms with van der Waals surface area (Å²) in [7, 11) is 0. The zero-order valence-electron chi connectivity index (χ0n) is 11.1. The van der Waals surface area contributed by atoms with Crippen LogP contribution in [0.25, 0.3) is 0 Å². The number of esters is 1. The van der Waals surface area contributed by atoms with Gasteiger partial charge in [0.2, 0.25) is 0 Å². The van der Waals surface area contributed by atoms with Gasteiger partial charge < -0.3 is 20.1 Å². The van der Waals surface area contributed by atoms with Gasteiger partial charge in [-0.05, 0) is 25.7 Å². The summed E-state index contributed by atoms with van der Waals surface area (Å²) in [6, 6.07) is 0. The average molecular weight is 300 g/mol. The van der Waals surface area contributed by atoms with Gasteiger partial charge in [-0.2, -0.15) is 0 Å². The Bertz CT molecular complexity index is 427. The Balaban J connectivity index is 0.000000433. The molecule has 0 aromatic rings. The molecular formula is C13H16O8. The summed E-state index contributed by atoms with van der Waals surface area (Å²) in [4.78, 5) is 40.1. The maximum absolute atomic E-state index is 10.9. The van der Waals surface area contributed by atoms with Gasteiger partial charge in [0.05, 0.1) is 0 Å². The minimum Gasteiger partial charge on any atom is -0.478 e. The summed E-state index contributed by atoms with van der Waals surface area (Å²) in [5.74, 6) is -4.21. The summed E-state index contributed by atoms with van der Waals surface area (Å²) < 4.78 is 4.97. The van der Waals surface area contributed by atoms with Gasteiger partial charge in [0.15, 0.2) is 0 Å². The molecule has 1 saturated carbocycles. The molecule has 0 amide bonds. The third-order valence-electron chi connectivity index (χ3n) is 2.32. The number of aliphatic carboxylic acids is 3. The van der Waals surface area contributed by atoms with Crippen LogP contribution in [0.3, 0.4) is 0 Å². The smallest absolute Gasteiger partial charge is 0.331 e. The number of carbonyl (C=O) groups is 4. The van der Waals surface area contributed by atoms with E-state index < -0.39 is 23.9 Å². The lowest BCUT2D eigenvalue weighted by atomic mass is 10.3. The van der Waals surface area contributed by atoms with Crippen LogP contribution in [0.15, 0.2) is 24.3 Å². The zero-order chi connectivity index (χ0) is 16.3. The number of rotatable bonds is 5. The molecule has 1 aliphatic carbocycles. The second-order valence-electron chi connectivity index (χ2n) is 4.02. The SMILES string of the molecule is O=C(O)/C=C\C(=O)O.O=C(O)/C=C\C(=O)OC1CCCC1. The van der Waals surface area contributed by atoms with E-state index >= 15 is 0 Å². The van der Waals surface area contributed by atoms with Crippen molar-refractivity contribution < 1.29 is 39.2 Å². The molecule has 21 heavy (non-hydrogen) atoms. The molecule has 0 heterocycles. The minimum atomic E-state index is -1.26. The molecule has 3 N–H and O–H groups in total. The molecule has 0 aromatic carbocycles. The normalized spacial score (nSPS) is 14.7. The highest BCUT2D eigenvalue weighted by atomic mass is 16.5. The molecule has 0 atom stereocenters. The molecule has 0 radical (unpaired) electrons. The lowest BCUT2D eigenvalue weighted by Crippen LogP contribution is -2.12. The van der Waals surface area contributed by atoms with Gasteiger partial charge in [-0.3, -0.25) is 0 Å². The third-order valence-corrected chi connectivity index (χ3v) is 2.32. The molecule has 1 fully saturated rings. The average Bonchev–Trinajstić information content (AvgIpc) is 2.87. The molecule has 0 saturated heterocycles.